The molecular formula is C9H10LiNO. The molecule has 2 nitrogen and oxygen atoms in total. The Hall–Kier alpha value is -0.843. The first kappa shape index (κ1) is 11.2. The molecule has 1 aromatic rings. The zero-order valence-electron chi connectivity index (χ0n) is 7.45. The van der Waals surface area contributed by atoms with Gasteiger partial charge in [-0.3, -0.25) is 0 Å². The Morgan fingerprint density at radius 2 is 1.92 bits per heavy atom. The van der Waals surface area contributed by atoms with Crippen LogP contribution in [0.3, 0.4) is 0 Å². The monoisotopic (exact) mass is 155 g/mol. The van der Waals surface area contributed by atoms with Crippen molar-refractivity contribution < 1.29 is 23.7 Å². The topological polar surface area (TPSA) is 21.6 Å². The summed E-state index contributed by atoms with van der Waals surface area (Å²) in [6.45, 7) is 3.72. The fraction of sp³-hybridized carbons (Fsp3) is 0.111. The molecule has 3 heteroatoms. The first-order chi connectivity index (χ1) is 5.34. The van der Waals surface area contributed by atoms with Gasteiger partial charge in [-0.15, -0.1) is 22.9 Å². The van der Waals surface area contributed by atoms with Crippen molar-refractivity contribution in [1.82, 2.24) is 0 Å². The van der Waals surface area contributed by atoms with E-state index in [4.69, 9.17) is 0 Å². The van der Waals surface area contributed by atoms with Crippen molar-refractivity contribution in [3.8, 4) is 0 Å². The van der Waals surface area contributed by atoms with Crippen LogP contribution < -0.4 is 18.9 Å². The molecule has 0 heterocycles. The molecular weight excluding hydrogens is 145 g/mol. The van der Waals surface area contributed by atoms with Crippen molar-refractivity contribution in [3.05, 3.63) is 42.8 Å². The summed E-state index contributed by atoms with van der Waals surface area (Å²) >= 11 is 0. The van der Waals surface area contributed by atoms with E-state index in [1.165, 1.54) is 7.11 Å². The molecule has 0 unspecified atom stereocenters. The molecule has 0 saturated carbocycles. The van der Waals surface area contributed by atoms with Gasteiger partial charge in [0.1, 0.15) is 7.11 Å². The zero-order chi connectivity index (χ0) is 8.10. The van der Waals surface area contributed by atoms with Gasteiger partial charge in [0.2, 0.25) is 0 Å². The minimum Gasteiger partial charge on any atom is -0.401 e. The van der Waals surface area contributed by atoms with Crippen LogP contribution >= 0.6 is 0 Å². The maximum absolute atomic E-state index is 4.58. The van der Waals surface area contributed by atoms with Crippen molar-refractivity contribution in [3.63, 3.8) is 0 Å². The van der Waals surface area contributed by atoms with Crippen molar-refractivity contribution in [1.29, 1.82) is 0 Å². The molecule has 0 atom stereocenters. The molecule has 12 heavy (non-hydrogen) atoms. The van der Waals surface area contributed by atoms with Crippen LogP contribution in [0.25, 0.3) is 0 Å². The SMILES string of the molecule is [CH2-]/C(=N\OC)c1ccccc1.[Li+]. The molecule has 1 aromatic carbocycles. The van der Waals surface area contributed by atoms with Crippen LogP contribution in [0.2, 0.25) is 0 Å². The molecule has 0 bridgehead atoms. The normalized spacial score (nSPS) is 10.2. The van der Waals surface area contributed by atoms with E-state index in [-0.39, 0.29) is 18.9 Å². The third kappa shape index (κ3) is 3.04. The second-order valence-corrected chi connectivity index (χ2v) is 2.09. The third-order valence-electron chi connectivity index (χ3n) is 1.31. The molecule has 0 N–H and O–H groups in total. The molecule has 0 aromatic heterocycles. The molecule has 0 aliphatic rings. The van der Waals surface area contributed by atoms with Crippen molar-refractivity contribution >= 4 is 5.71 Å². The summed E-state index contributed by atoms with van der Waals surface area (Å²) in [7, 11) is 1.51. The largest absolute Gasteiger partial charge is 1.00 e. The Kier molecular flexibility index (Phi) is 5.36. The van der Waals surface area contributed by atoms with E-state index in [0.717, 1.165) is 5.56 Å². The van der Waals surface area contributed by atoms with Gasteiger partial charge in [-0.1, -0.05) is 23.9 Å². The molecule has 0 radical (unpaired) electrons. The molecule has 0 aliphatic carbocycles. The van der Waals surface area contributed by atoms with Gasteiger partial charge in [0.05, 0.1) is 0 Å². The van der Waals surface area contributed by atoms with Gasteiger partial charge < -0.3 is 4.84 Å². The minimum absolute atomic E-state index is 0. The van der Waals surface area contributed by atoms with Crippen LogP contribution in [0.15, 0.2) is 35.5 Å². The summed E-state index contributed by atoms with van der Waals surface area (Å²) in [5, 5.41) is 3.70. The van der Waals surface area contributed by atoms with E-state index in [9.17, 15) is 0 Å². The number of hydrogen-bond acceptors (Lipinski definition) is 2. The Morgan fingerprint density at radius 3 is 2.42 bits per heavy atom. The summed E-state index contributed by atoms with van der Waals surface area (Å²) in [6.07, 6.45) is 0. The Labute approximate surface area is 84.8 Å². The first-order valence-corrected chi connectivity index (χ1v) is 3.33. The molecule has 0 amide bonds. The predicted molar refractivity (Wildman–Crippen MR) is 45.3 cm³/mol. The van der Waals surface area contributed by atoms with Gasteiger partial charge in [-0.05, 0) is 0 Å². The maximum Gasteiger partial charge on any atom is 1.00 e. The van der Waals surface area contributed by atoms with Crippen LogP contribution in [0.1, 0.15) is 5.56 Å². The van der Waals surface area contributed by atoms with Gasteiger partial charge in [0.25, 0.3) is 0 Å². The second kappa shape index (κ2) is 5.76. The third-order valence-corrected chi connectivity index (χ3v) is 1.31. The standard InChI is InChI=1S/C9H10NO.Li/c1-8(10-11-2)9-6-4-3-5-7-9;/h3-7H,1H2,2H3;/q-1;+1/b10-8+;. The average Bonchev–Trinajstić information content (AvgIpc) is 2.07. The Balaban J connectivity index is 0.00000121. The molecule has 0 spiro atoms. The van der Waals surface area contributed by atoms with E-state index >= 15 is 0 Å². The van der Waals surface area contributed by atoms with Crippen molar-refractivity contribution in [2.45, 2.75) is 0 Å². The number of oxime groups is 1. The fourth-order valence-electron chi connectivity index (χ4n) is 0.793. The second-order valence-electron chi connectivity index (χ2n) is 2.09. The van der Waals surface area contributed by atoms with E-state index in [1.807, 2.05) is 30.3 Å². The van der Waals surface area contributed by atoms with Gasteiger partial charge in [-0.25, -0.2) is 6.92 Å². The Morgan fingerprint density at radius 1 is 1.33 bits per heavy atom. The summed E-state index contributed by atoms with van der Waals surface area (Å²) in [4.78, 5) is 4.58. The summed E-state index contributed by atoms with van der Waals surface area (Å²) < 4.78 is 0. The van der Waals surface area contributed by atoms with Gasteiger partial charge in [0, 0.05) is 0 Å². The van der Waals surface area contributed by atoms with Crippen LogP contribution in [-0.2, 0) is 4.84 Å². The van der Waals surface area contributed by atoms with E-state index in [2.05, 4.69) is 16.9 Å². The van der Waals surface area contributed by atoms with Crippen LogP contribution in [0, 0.1) is 6.92 Å². The molecule has 1 rings (SSSR count). The zero-order valence-corrected chi connectivity index (χ0v) is 7.45. The molecule has 0 saturated heterocycles. The molecule has 0 fully saturated rings. The van der Waals surface area contributed by atoms with Crippen LogP contribution in [-0.4, -0.2) is 12.8 Å². The summed E-state index contributed by atoms with van der Waals surface area (Å²) in [5.41, 5.74) is 1.63. The van der Waals surface area contributed by atoms with Gasteiger partial charge in [0.15, 0.2) is 0 Å². The minimum atomic E-state index is 0. The van der Waals surface area contributed by atoms with Crippen LogP contribution in [0.5, 0.6) is 0 Å². The number of nitrogens with zero attached hydrogens (tertiary/aromatic N) is 1. The van der Waals surface area contributed by atoms with E-state index < -0.39 is 0 Å². The maximum atomic E-state index is 4.58. The molecule has 58 valence electrons. The Bertz CT molecular complexity index is 246. The van der Waals surface area contributed by atoms with Crippen molar-refractivity contribution in [2.75, 3.05) is 7.11 Å². The average molecular weight is 155 g/mol. The quantitative estimate of drug-likeness (QED) is 0.229. The predicted octanol–water partition coefficient (Wildman–Crippen LogP) is -1.12. The smallest absolute Gasteiger partial charge is 0.401 e. The number of hydrogen-bond donors (Lipinski definition) is 0. The summed E-state index contributed by atoms with van der Waals surface area (Å²) in [5.74, 6) is 0. The van der Waals surface area contributed by atoms with Crippen molar-refractivity contribution in [2.24, 2.45) is 5.16 Å². The number of benzene rings is 1. The van der Waals surface area contributed by atoms with Gasteiger partial charge >= 0.3 is 18.9 Å². The summed E-state index contributed by atoms with van der Waals surface area (Å²) in [6, 6.07) is 9.69. The van der Waals surface area contributed by atoms with E-state index in [1.54, 1.807) is 0 Å². The van der Waals surface area contributed by atoms with Crippen LogP contribution in [0.4, 0.5) is 0 Å². The first-order valence-electron chi connectivity index (χ1n) is 3.33. The molecule has 0 aliphatic heterocycles. The van der Waals surface area contributed by atoms with Gasteiger partial charge in [-0.2, -0.15) is 0 Å². The number of rotatable bonds is 2. The fourth-order valence-corrected chi connectivity index (χ4v) is 0.793. The van der Waals surface area contributed by atoms with E-state index in [0.29, 0.717) is 5.71 Å².